The van der Waals surface area contributed by atoms with Crippen molar-refractivity contribution in [2.24, 2.45) is 5.92 Å². The lowest BCUT2D eigenvalue weighted by Gasteiger charge is -2.33. The molecule has 0 aliphatic rings. The van der Waals surface area contributed by atoms with E-state index in [1.54, 1.807) is 0 Å². The van der Waals surface area contributed by atoms with Crippen LogP contribution in [-0.4, -0.2) is 18.0 Å². The minimum absolute atomic E-state index is 0.447. The highest BCUT2D eigenvalue weighted by molar-refractivity contribution is 5.12. The summed E-state index contributed by atoms with van der Waals surface area (Å²) in [5, 5.41) is 0. The molecule has 0 aliphatic carbocycles. The average Bonchev–Trinajstić information content (AvgIpc) is 2.17. The lowest BCUT2D eigenvalue weighted by molar-refractivity contribution is 0.310. The van der Waals surface area contributed by atoms with E-state index in [0.717, 1.165) is 12.8 Å². The first-order valence-corrected chi connectivity index (χ1v) is 5.54. The van der Waals surface area contributed by atoms with Gasteiger partial charge < -0.3 is 4.90 Å². The van der Waals surface area contributed by atoms with Crippen molar-refractivity contribution in [3.05, 3.63) is 24.4 Å². The molecule has 0 aliphatic heterocycles. The third-order valence-electron chi connectivity index (χ3n) is 2.93. The zero-order valence-electron chi connectivity index (χ0n) is 10.4. The second kappa shape index (κ2) is 5.90. The smallest absolute Gasteiger partial charge is 0.0493 e. The zero-order valence-corrected chi connectivity index (χ0v) is 10.4. The number of likely N-dealkylation sites (N-methyl/N-ethyl adjacent to an activating group) is 1. The summed E-state index contributed by atoms with van der Waals surface area (Å²) >= 11 is 0. The average molecular weight is 195 g/mol. The predicted molar refractivity (Wildman–Crippen MR) is 65.3 cm³/mol. The summed E-state index contributed by atoms with van der Waals surface area (Å²) in [6, 6.07) is 0.447. The van der Waals surface area contributed by atoms with Crippen LogP contribution in [0.3, 0.4) is 0 Å². The zero-order chi connectivity index (χ0) is 11.3. The van der Waals surface area contributed by atoms with Crippen LogP contribution in [-0.2, 0) is 0 Å². The monoisotopic (exact) mass is 195 g/mol. The van der Waals surface area contributed by atoms with Crippen molar-refractivity contribution in [2.45, 2.75) is 46.6 Å². The van der Waals surface area contributed by atoms with Gasteiger partial charge in [-0.05, 0) is 18.8 Å². The largest absolute Gasteiger partial charge is 0.372 e. The minimum atomic E-state index is 0.447. The quantitative estimate of drug-likeness (QED) is 0.582. The lowest BCUT2D eigenvalue weighted by Crippen LogP contribution is -2.33. The van der Waals surface area contributed by atoms with E-state index in [2.05, 4.69) is 52.8 Å². The van der Waals surface area contributed by atoms with E-state index in [-0.39, 0.29) is 0 Å². The highest BCUT2D eigenvalue weighted by Crippen LogP contribution is 2.22. The molecule has 1 unspecified atom stereocenters. The summed E-state index contributed by atoms with van der Waals surface area (Å²) in [6.45, 7) is 17.0. The molecule has 0 fully saturated rings. The Balaban J connectivity index is 4.55. The Hall–Kier alpha value is -0.720. The maximum absolute atomic E-state index is 4.18. The Labute approximate surface area is 89.5 Å². The first-order chi connectivity index (χ1) is 6.45. The fourth-order valence-corrected chi connectivity index (χ4v) is 1.64. The molecule has 0 rings (SSSR count). The topological polar surface area (TPSA) is 3.24 Å². The fourth-order valence-electron chi connectivity index (χ4n) is 1.64. The SMILES string of the molecule is C=C(C(C)C)C(CC)N(C)C(=C)CC. The van der Waals surface area contributed by atoms with E-state index in [9.17, 15) is 0 Å². The molecule has 14 heavy (non-hydrogen) atoms. The molecule has 0 spiro atoms. The molecule has 82 valence electrons. The van der Waals surface area contributed by atoms with Crippen LogP contribution in [0.1, 0.15) is 40.5 Å². The number of allylic oxidation sites excluding steroid dienone is 1. The van der Waals surface area contributed by atoms with E-state index < -0.39 is 0 Å². The van der Waals surface area contributed by atoms with E-state index in [1.807, 2.05) is 0 Å². The van der Waals surface area contributed by atoms with Gasteiger partial charge in [0.05, 0.1) is 0 Å². The standard InChI is InChI=1S/C13H25N/c1-8-11(5)14(7)13(9-2)12(6)10(3)4/h10,13H,5-6,8-9H2,1-4,7H3. The molecule has 1 atom stereocenters. The van der Waals surface area contributed by atoms with Gasteiger partial charge in [-0.15, -0.1) is 0 Å². The summed E-state index contributed by atoms with van der Waals surface area (Å²) in [6.07, 6.45) is 2.12. The highest BCUT2D eigenvalue weighted by Gasteiger charge is 2.18. The molecule has 0 saturated carbocycles. The molecule has 1 heteroatoms. The fraction of sp³-hybridized carbons (Fsp3) is 0.692. The minimum Gasteiger partial charge on any atom is -0.372 e. The first-order valence-electron chi connectivity index (χ1n) is 5.54. The second-order valence-corrected chi connectivity index (χ2v) is 4.18. The number of rotatable bonds is 6. The molecule has 0 bridgehead atoms. The Kier molecular flexibility index (Phi) is 5.59. The van der Waals surface area contributed by atoms with Gasteiger partial charge >= 0.3 is 0 Å². The summed E-state index contributed by atoms with van der Waals surface area (Å²) in [7, 11) is 2.12. The van der Waals surface area contributed by atoms with Gasteiger partial charge in [0.2, 0.25) is 0 Å². The first kappa shape index (κ1) is 13.3. The van der Waals surface area contributed by atoms with Crippen molar-refractivity contribution in [3.8, 4) is 0 Å². The molecule has 0 N–H and O–H groups in total. The van der Waals surface area contributed by atoms with Crippen LogP contribution >= 0.6 is 0 Å². The van der Waals surface area contributed by atoms with E-state index >= 15 is 0 Å². The van der Waals surface area contributed by atoms with Gasteiger partial charge in [-0.25, -0.2) is 0 Å². The van der Waals surface area contributed by atoms with Crippen LogP contribution in [0.5, 0.6) is 0 Å². The van der Waals surface area contributed by atoms with Crippen LogP contribution in [0.15, 0.2) is 24.4 Å². The molecular formula is C13H25N. The molecule has 0 aromatic rings. The van der Waals surface area contributed by atoms with Crippen molar-refractivity contribution in [3.63, 3.8) is 0 Å². The van der Waals surface area contributed by atoms with Crippen molar-refractivity contribution in [1.82, 2.24) is 4.90 Å². The molecule has 0 aromatic heterocycles. The Morgan fingerprint density at radius 2 is 1.71 bits per heavy atom. The number of hydrogen-bond donors (Lipinski definition) is 0. The molecule has 0 aromatic carbocycles. The summed E-state index contributed by atoms with van der Waals surface area (Å²) < 4.78 is 0. The van der Waals surface area contributed by atoms with Crippen molar-refractivity contribution >= 4 is 0 Å². The van der Waals surface area contributed by atoms with Gasteiger partial charge in [-0.1, -0.05) is 46.4 Å². The van der Waals surface area contributed by atoms with Gasteiger partial charge in [-0.2, -0.15) is 0 Å². The third kappa shape index (κ3) is 3.21. The van der Waals surface area contributed by atoms with Crippen LogP contribution in [0.4, 0.5) is 0 Å². The second-order valence-electron chi connectivity index (χ2n) is 4.18. The molecule has 0 saturated heterocycles. The van der Waals surface area contributed by atoms with E-state index in [4.69, 9.17) is 0 Å². The summed E-state index contributed by atoms with van der Waals surface area (Å²) in [5.41, 5.74) is 2.50. The van der Waals surface area contributed by atoms with Crippen molar-refractivity contribution in [1.29, 1.82) is 0 Å². The van der Waals surface area contributed by atoms with Crippen LogP contribution in [0.25, 0.3) is 0 Å². The van der Waals surface area contributed by atoms with Gasteiger partial charge in [-0.3, -0.25) is 0 Å². The molecule has 0 amide bonds. The van der Waals surface area contributed by atoms with Crippen LogP contribution in [0.2, 0.25) is 0 Å². The van der Waals surface area contributed by atoms with E-state index in [0.29, 0.717) is 12.0 Å². The molecule has 1 nitrogen and oxygen atoms in total. The van der Waals surface area contributed by atoms with Crippen LogP contribution < -0.4 is 0 Å². The van der Waals surface area contributed by atoms with Crippen molar-refractivity contribution in [2.75, 3.05) is 7.05 Å². The number of hydrogen-bond acceptors (Lipinski definition) is 1. The van der Waals surface area contributed by atoms with E-state index in [1.165, 1.54) is 11.3 Å². The maximum atomic E-state index is 4.18. The lowest BCUT2D eigenvalue weighted by atomic mass is 9.94. The van der Waals surface area contributed by atoms with Gasteiger partial charge in [0, 0.05) is 18.8 Å². The van der Waals surface area contributed by atoms with Gasteiger partial charge in [0.25, 0.3) is 0 Å². The Bertz CT molecular complexity index is 203. The summed E-state index contributed by atoms with van der Waals surface area (Å²) in [5.74, 6) is 0.548. The van der Waals surface area contributed by atoms with Crippen LogP contribution in [0, 0.1) is 5.92 Å². The number of nitrogens with zero attached hydrogens (tertiary/aromatic N) is 1. The predicted octanol–water partition coefficient (Wildman–Crippen LogP) is 3.83. The maximum Gasteiger partial charge on any atom is 0.0493 e. The summed E-state index contributed by atoms with van der Waals surface area (Å²) in [4.78, 5) is 2.27. The normalized spacial score (nSPS) is 12.7. The Morgan fingerprint density at radius 3 is 2.00 bits per heavy atom. The molecule has 0 radical (unpaired) electrons. The molecular weight excluding hydrogens is 170 g/mol. The Morgan fingerprint density at radius 1 is 1.21 bits per heavy atom. The molecule has 0 heterocycles. The third-order valence-corrected chi connectivity index (χ3v) is 2.93. The van der Waals surface area contributed by atoms with Crippen molar-refractivity contribution < 1.29 is 0 Å². The van der Waals surface area contributed by atoms with Gasteiger partial charge in [0.1, 0.15) is 0 Å². The van der Waals surface area contributed by atoms with Gasteiger partial charge in [0.15, 0.2) is 0 Å². The highest BCUT2D eigenvalue weighted by atomic mass is 15.1.